The van der Waals surface area contributed by atoms with Crippen LogP contribution >= 0.6 is 11.3 Å². The second kappa shape index (κ2) is 7.23. The van der Waals surface area contributed by atoms with Crippen molar-refractivity contribution >= 4 is 23.2 Å². The molecule has 0 aromatic carbocycles. The summed E-state index contributed by atoms with van der Waals surface area (Å²) in [5, 5.41) is 10.6. The van der Waals surface area contributed by atoms with Crippen molar-refractivity contribution in [3.8, 4) is 6.07 Å². The van der Waals surface area contributed by atoms with E-state index in [0.717, 1.165) is 13.0 Å². The second-order valence-corrected chi connectivity index (χ2v) is 6.16. The van der Waals surface area contributed by atoms with Gasteiger partial charge >= 0.3 is 0 Å². The first kappa shape index (κ1) is 15.5. The van der Waals surface area contributed by atoms with E-state index in [0.29, 0.717) is 19.5 Å². The third kappa shape index (κ3) is 4.05. The number of hydrogen-bond donors (Lipinski definition) is 0. The van der Waals surface area contributed by atoms with Gasteiger partial charge in [-0.2, -0.15) is 5.26 Å². The number of nitrogens with zero attached hydrogens (tertiary/aromatic N) is 3. The van der Waals surface area contributed by atoms with Crippen molar-refractivity contribution in [3.63, 3.8) is 0 Å². The standard InChI is InChI=1S/C15H19N3O2S/c1-17(8-2-7-16)14(19)3-4-15(20)18-9-5-13-12(11-18)6-10-21-13/h6,10H,2-5,8-9,11H2,1H3. The monoisotopic (exact) mass is 305 g/mol. The number of rotatable bonds is 5. The van der Waals surface area contributed by atoms with Crippen LogP contribution in [0.1, 0.15) is 29.7 Å². The van der Waals surface area contributed by atoms with E-state index in [1.807, 2.05) is 11.0 Å². The molecular weight excluding hydrogens is 286 g/mol. The largest absolute Gasteiger partial charge is 0.345 e. The highest BCUT2D eigenvalue weighted by molar-refractivity contribution is 7.10. The van der Waals surface area contributed by atoms with Crippen LogP contribution in [0.25, 0.3) is 0 Å². The van der Waals surface area contributed by atoms with Crippen molar-refractivity contribution in [2.45, 2.75) is 32.2 Å². The topological polar surface area (TPSA) is 64.4 Å². The predicted molar refractivity (Wildman–Crippen MR) is 80.5 cm³/mol. The smallest absolute Gasteiger partial charge is 0.223 e. The molecule has 112 valence electrons. The van der Waals surface area contributed by atoms with E-state index in [1.165, 1.54) is 15.3 Å². The Bertz CT molecular complexity index is 562. The van der Waals surface area contributed by atoms with Crippen LogP contribution in [0.5, 0.6) is 0 Å². The lowest BCUT2D eigenvalue weighted by atomic mass is 10.1. The molecule has 0 saturated carbocycles. The lowest BCUT2D eigenvalue weighted by Crippen LogP contribution is -2.36. The van der Waals surface area contributed by atoms with E-state index in [4.69, 9.17) is 5.26 Å². The highest BCUT2D eigenvalue weighted by atomic mass is 32.1. The van der Waals surface area contributed by atoms with Crippen LogP contribution in [-0.4, -0.2) is 41.8 Å². The zero-order valence-electron chi connectivity index (χ0n) is 12.2. The maximum absolute atomic E-state index is 12.2. The third-order valence-electron chi connectivity index (χ3n) is 3.70. The van der Waals surface area contributed by atoms with Crippen LogP contribution in [-0.2, 0) is 22.6 Å². The van der Waals surface area contributed by atoms with E-state index >= 15 is 0 Å². The molecule has 0 fully saturated rings. The van der Waals surface area contributed by atoms with Gasteiger partial charge in [0, 0.05) is 44.4 Å². The maximum Gasteiger partial charge on any atom is 0.223 e. The molecule has 2 rings (SSSR count). The van der Waals surface area contributed by atoms with Crippen molar-refractivity contribution < 1.29 is 9.59 Å². The van der Waals surface area contributed by atoms with Gasteiger partial charge in [0.05, 0.1) is 12.5 Å². The summed E-state index contributed by atoms with van der Waals surface area (Å²) < 4.78 is 0. The van der Waals surface area contributed by atoms with Crippen LogP contribution in [0, 0.1) is 11.3 Å². The molecule has 1 aliphatic rings. The summed E-state index contributed by atoms with van der Waals surface area (Å²) in [6, 6.07) is 4.08. The number of fused-ring (bicyclic) bond motifs is 1. The molecule has 2 heterocycles. The summed E-state index contributed by atoms with van der Waals surface area (Å²) in [5.74, 6) is -0.0410. The Morgan fingerprint density at radius 1 is 1.48 bits per heavy atom. The van der Waals surface area contributed by atoms with Gasteiger partial charge in [0.25, 0.3) is 0 Å². The minimum Gasteiger partial charge on any atom is -0.345 e. The van der Waals surface area contributed by atoms with Crippen LogP contribution in [0.4, 0.5) is 0 Å². The Kier molecular flexibility index (Phi) is 5.34. The van der Waals surface area contributed by atoms with Crippen LogP contribution in [0.15, 0.2) is 11.4 Å². The van der Waals surface area contributed by atoms with Crippen molar-refractivity contribution in [2.75, 3.05) is 20.1 Å². The van der Waals surface area contributed by atoms with Crippen LogP contribution in [0.2, 0.25) is 0 Å². The number of amides is 2. The van der Waals surface area contributed by atoms with Gasteiger partial charge in [-0.1, -0.05) is 0 Å². The molecule has 1 aliphatic heterocycles. The zero-order valence-corrected chi connectivity index (χ0v) is 13.0. The van der Waals surface area contributed by atoms with Gasteiger partial charge in [0.15, 0.2) is 0 Å². The summed E-state index contributed by atoms with van der Waals surface area (Å²) in [6.45, 7) is 1.83. The highest BCUT2D eigenvalue weighted by Crippen LogP contribution is 2.24. The zero-order chi connectivity index (χ0) is 15.2. The van der Waals surface area contributed by atoms with Crippen LogP contribution in [0.3, 0.4) is 0 Å². The van der Waals surface area contributed by atoms with Gasteiger partial charge in [-0.15, -0.1) is 11.3 Å². The Balaban J connectivity index is 1.78. The van der Waals surface area contributed by atoms with Gasteiger partial charge in [-0.05, 0) is 23.4 Å². The number of carbonyl (C=O) groups excluding carboxylic acids is 2. The van der Waals surface area contributed by atoms with Crippen molar-refractivity contribution in [1.29, 1.82) is 5.26 Å². The third-order valence-corrected chi connectivity index (χ3v) is 4.72. The Morgan fingerprint density at radius 2 is 2.29 bits per heavy atom. The average molecular weight is 305 g/mol. The lowest BCUT2D eigenvalue weighted by Gasteiger charge is -2.27. The predicted octanol–water partition coefficient (Wildman–Crippen LogP) is 1.79. The van der Waals surface area contributed by atoms with E-state index in [2.05, 4.69) is 11.4 Å². The van der Waals surface area contributed by atoms with E-state index < -0.39 is 0 Å². The highest BCUT2D eigenvalue weighted by Gasteiger charge is 2.22. The molecule has 21 heavy (non-hydrogen) atoms. The molecule has 0 saturated heterocycles. The van der Waals surface area contributed by atoms with E-state index in [9.17, 15) is 9.59 Å². The van der Waals surface area contributed by atoms with Gasteiger partial charge in [0.1, 0.15) is 0 Å². The fraction of sp³-hybridized carbons (Fsp3) is 0.533. The number of hydrogen-bond acceptors (Lipinski definition) is 4. The molecule has 5 nitrogen and oxygen atoms in total. The fourth-order valence-electron chi connectivity index (χ4n) is 2.37. The Labute approximate surface area is 128 Å². The molecule has 0 spiro atoms. The summed E-state index contributed by atoms with van der Waals surface area (Å²) in [6.07, 6.45) is 1.70. The summed E-state index contributed by atoms with van der Waals surface area (Å²) in [5.41, 5.74) is 1.23. The molecule has 2 amide bonds. The molecule has 0 N–H and O–H groups in total. The minimum atomic E-state index is -0.0770. The maximum atomic E-state index is 12.2. The molecule has 1 aromatic rings. The van der Waals surface area contributed by atoms with Gasteiger partial charge < -0.3 is 9.80 Å². The van der Waals surface area contributed by atoms with Gasteiger partial charge in [-0.25, -0.2) is 0 Å². The lowest BCUT2D eigenvalue weighted by molar-refractivity contribution is -0.136. The average Bonchev–Trinajstić information content (AvgIpc) is 2.97. The summed E-state index contributed by atoms with van der Waals surface area (Å²) in [4.78, 5) is 28.7. The molecule has 0 bridgehead atoms. The minimum absolute atomic E-state index is 0.0360. The Morgan fingerprint density at radius 3 is 3.05 bits per heavy atom. The number of nitriles is 1. The molecule has 1 aromatic heterocycles. The first-order chi connectivity index (χ1) is 10.1. The van der Waals surface area contributed by atoms with Crippen molar-refractivity contribution in [3.05, 3.63) is 21.9 Å². The molecular formula is C15H19N3O2S. The second-order valence-electron chi connectivity index (χ2n) is 5.16. The fourth-order valence-corrected chi connectivity index (χ4v) is 3.26. The summed E-state index contributed by atoms with van der Waals surface area (Å²) in [7, 11) is 1.67. The van der Waals surface area contributed by atoms with E-state index in [1.54, 1.807) is 18.4 Å². The first-order valence-corrected chi connectivity index (χ1v) is 7.93. The van der Waals surface area contributed by atoms with Crippen molar-refractivity contribution in [1.82, 2.24) is 9.80 Å². The van der Waals surface area contributed by atoms with Crippen molar-refractivity contribution in [2.24, 2.45) is 0 Å². The molecule has 0 unspecified atom stereocenters. The number of carbonyl (C=O) groups is 2. The van der Waals surface area contributed by atoms with Crippen LogP contribution < -0.4 is 0 Å². The van der Waals surface area contributed by atoms with Gasteiger partial charge in [-0.3, -0.25) is 9.59 Å². The van der Waals surface area contributed by atoms with E-state index in [-0.39, 0.29) is 24.7 Å². The summed E-state index contributed by atoms with van der Waals surface area (Å²) >= 11 is 1.74. The SMILES string of the molecule is CN(CCC#N)C(=O)CCC(=O)N1CCc2sccc2C1. The molecule has 0 atom stereocenters. The molecule has 0 radical (unpaired) electrons. The normalized spacial score (nSPS) is 13.4. The number of thiophene rings is 1. The Hall–Kier alpha value is -1.87. The van der Waals surface area contributed by atoms with Gasteiger partial charge in [0.2, 0.25) is 11.8 Å². The quantitative estimate of drug-likeness (QED) is 0.833. The molecule has 0 aliphatic carbocycles. The molecule has 6 heteroatoms. The first-order valence-electron chi connectivity index (χ1n) is 7.05.